The molecule has 3 N–H and O–H groups in total. The van der Waals surface area contributed by atoms with Gasteiger partial charge in [0.25, 0.3) is 5.91 Å². The van der Waals surface area contributed by atoms with Crippen molar-refractivity contribution in [2.24, 2.45) is 0 Å². The third-order valence-corrected chi connectivity index (χ3v) is 5.33. The summed E-state index contributed by atoms with van der Waals surface area (Å²) in [5.41, 5.74) is 1.52. The minimum atomic E-state index is -0.509. The molecule has 1 heterocycles. The maximum atomic E-state index is 13.9. The fourth-order valence-electron chi connectivity index (χ4n) is 3.44. The average molecular weight is 378 g/mol. The van der Waals surface area contributed by atoms with Crippen molar-refractivity contribution < 1.29 is 19.0 Å². The van der Waals surface area contributed by atoms with Crippen LogP contribution in [0.5, 0.6) is 0 Å². The van der Waals surface area contributed by atoms with E-state index in [9.17, 15) is 9.18 Å². The number of nitrogens with one attached hydrogen (secondary N) is 3. The maximum Gasteiger partial charge on any atom is 0.282 e. The first-order chi connectivity index (χ1) is 12.5. The Hall–Kier alpha value is -1.95. The van der Waals surface area contributed by atoms with Crippen LogP contribution in [0.4, 0.5) is 10.1 Å². The molecule has 4 nitrogen and oxygen atoms in total. The first-order valence-electron chi connectivity index (χ1n) is 9.01. The molecule has 0 bridgehead atoms. The predicted molar refractivity (Wildman–Crippen MR) is 101 cm³/mol. The van der Waals surface area contributed by atoms with Crippen molar-refractivity contribution in [1.82, 2.24) is 0 Å². The van der Waals surface area contributed by atoms with Crippen LogP contribution in [0, 0.1) is 5.82 Å². The standard InChI is InChI=1S/C20H23ClFN3O/c1-15(20(26)23-19-8-7-17(21)13-18(19)22)25-11-9-24(10-12-25)14-16-5-3-2-4-6-16/h2-8,13,15H,9-12,14H2,1H3,(H,23,26)/p+2/t15-/m1/s1. The van der Waals surface area contributed by atoms with Gasteiger partial charge >= 0.3 is 0 Å². The molecular formula is C20H25ClFN3O+2. The Morgan fingerprint density at radius 3 is 2.50 bits per heavy atom. The van der Waals surface area contributed by atoms with Crippen LogP contribution in [-0.4, -0.2) is 38.1 Å². The number of hydrogen-bond acceptors (Lipinski definition) is 1. The lowest BCUT2D eigenvalue weighted by atomic mass is 10.1. The van der Waals surface area contributed by atoms with Gasteiger partial charge in [0.2, 0.25) is 0 Å². The van der Waals surface area contributed by atoms with Crippen molar-refractivity contribution in [2.75, 3.05) is 31.5 Å². The van der Waals surface area contributed by atoms with Crippen LogP contribution >= 0.6 is 11.6 Å². The van der Waals surface area contributed by atoms with Gasteiger partial charge in [0, 0.05) is 10.6 Å². The van der Waals surface area contributed by atoms with Crippen LogP contribution in [0.15, 0.2) is 48.5 Å². The molecule has 26 heavy (non-hydrogen) atoms. The van der Waals surface area contributed by atoms with Gasteiger partial charge in [0.15, 0.2) is 6.04 Å². The second-order valence-corrected chi connectivity index (χ2v) is 7.34. The zero-order chi connectivity index (χ0) is 18.5. The molecule has 2 aromatic carbocycles. The van der Waals surface area contributed by atoms with Gasteiger partial charge in [0.05, 0.1) is 5.69 Å². The SMILES string of the molecule is C[C@H](C(=O)Nc1ccc(Cl)cc1F)[NH+]1CC[NH+](Cc2ccccc2)CC1. The monoisotopic (exact) mass is 377 g/mol. The van der Waals surface area contributed by atoms with Gasteiger partial charge < -0.3 is 15.1 Å². The van der Waals surface area contributed by atoms with Crippen molar-refractivity contribution in [3.63, 3.8) is 0 Å². The first kappa shape index (κ1) is 18.8. The van der Waals surface area contributed by atoms with Gasteiger partial charge in [-0.2, -0.15) is 0 Å². The Morgan fingerprint density at radius 2 is 1.85 bits per heavy atom. The second-order valence-electron chi connectivity index (χ2n) is 6.91. The molecule has 0 spiro atoms. The van der Waals surface area contributed by atoms with Gasteiger partial charge in [-0.15, -0.1) is 0 Å². The number of anilines is 1. The van der Waals surface area contributed by atoms with Crippen LogP contribution in [0.3, 0.4) is 0 Å². The van der Waals surface area contributed by atoms with Gasteiger partial charge in [-0.05, 0) is 25.1 Å². The molecule has 3 rings (SSSR count). The Balaban J connectivity index is 1.51. The lowest BCUT2D eigenvalue weighted by Crippen LogP contribution is -3.29. The fourth-order valence-corrected chi connectivity index (χ4v) is 3.60. The van der Waals surface area contributed by atoms with Crippen LogP contribution in [0.1, 0.15) is 12.5 Å². The van der Waals surface area contributed by atoms with Crippen LogP contribution < -0.4 is 15.1 Å². The van der Waals surface area contributed by atoms with E-state index >= 15 is 0 Å². The molecule has 1 aliphatic heterocycles. The summed E-state index contributed by atoms with van der Waals surface area (Å²) < 4.78 is 13.9. The summed E-state index contributed by atoms with van der Waals surface area (Å²) in [5.74, 6) is -0.669. The van der Waals surface area contributed by atoms with E-state index in [1.165, 1.54) is 27.5 Å². The molecule has 0 aromatic heterocycles. The smallest absolute Gasteiger partial charge is 0.282 e. The van der Waals surface area contributed by atoms with Gasteiger partial charge in [-0.25, -0.2) is 4.39 Å². The Morgan fingerprint density at radius 1 is 1.15 bits per heavy atom. The third kappa shape index (κ3) is 4.81. The zero-order valence-electron chi connectivity index (χ0n) is 14.9. The molecule has 0 aliphatic carbocycles. The average Bonchev–Trinajstić information content (AvgIpc) is 2.65. The molecule has 2 aromatic rings. The highest BCUT2D eigenvalue weighted by Crippen LogP contribution is 2.18. The lowest BCUT2D eigenvalue weighted by molar-refractivity contribution is -1.02. The minimum Gasteiger partial charge on any atom is -0.322 e. The van der Waals surface area contributed by atoms with Crippen molar-refractivity contribution in [3.8, 4) is 0 Å². The molecule has 0 radical (unpaired) electrons. The molecular weight excluding hydrogens is 353 g/mol. The summed E-state index contributed by atoms with van der Waals surface area (Å²) in [6, 6.07) is 14.5. The highest BCUT2D eigenvalue weighted by Gasteiger charge is 2.31. The molecule has 0 saturated carbocycles. The highest BCUT2D eigenvalue weighted by molar-refractivity contribution is 6.30. The van der Waals surface area contributed by atoms with E-state index in [2.05, 4.69) is 29.6 Å². The Kier molecular flexibility index (Phi) is 6.25. The number of halogens is 2. The van der Waals surface area contributed by atoms with Gasteiger partial charge in [-0.3, -0.25) is 4.79 Å². The van der Waals surface area contributed by atoms with Crippen LogP contribution in [0.2, 0.25) is 5.02 Å². The molecule has 1 amide bonds. The molecule has 6 heteroatoms. The Bertz CT molecular complexity index is 748. The van der Waals surface area contributed by atoms with Crippen molar-refractivity contribution >= 4 is 23.2 Å². The molecule has 1 fully saturated rings. The van der Waals surface area contributed by atoms with E-state index in [1.54, 1.807) is 6.07 Å². The Labute approximate surface area is 158 Å². The number of quaternary nitrogens is 2. The van der Waals surface area contributed by atoms with E-state index in [0.29, 0.717) is 5.02 Å². The second kappa shape index (κ2) is 8.62. The van der Waals surface area contributed by atoms with E-state index in [1.807, 2.05) is 13.0 Å². The molecule has 1 atom stereocenters. The summed E-state index contributed by atoms with van der Waals surface area (Å²) >= 11 is 5.75. The van der Waals surface area contributed by atoms with E-state index < -0.39 is 5.82 Å². The zero-order valence-corrected chi connectivity index (χ0v) is 15.7. The fraction of sp³-hybridized carbons (Fsp3) is 0.350. The summed E-state index contributed by atoms with van der Waals surface area (Å²) in [6.07, 6.45) is 0. The number of carbonyl (C=O) groups is 1. The quantitative estimate of drug-likeness (QED) is 0.708. The maximum absolute atomic E-state index is 13.9. The summed E-state index contributed by atoms with van der Waals surface area (Å²) in [6.45, 7) is 6.83. The number of hydrogen-bond donors (Lipinski definition) is 3. The molecule has 1 aliphatic rings. The largest absolute Gasteiger partial charge is 0.322 e. The number of amides is 1. The van der Waals surface area contributed by atoms with E-state index in [4.69, 9.17) is 11.6 Å². The van der Waals surface area contributed by atoms with E-state index in [-0.39, 0.29) is 17.6 Å². The van der Waals surface area contributed by atoms with Crippen LogP contribution in [0.25, 0.3) is 0 Å². The molecule has 1 saturated heterocycles. The van der Waals surface area contributed by atoms with Crippen LogP contribution in [-0.2, 0) is 11.3 Å². The van der Waals surface area contributed by atoms with Gasteiger partial charge in [0.1, 0.15) is 38.5 Å². The third-order valence-electron chi connectivity index (χ3n) is 5.09. The highest BCUT2D eigenvalue weighted by atomic mass is 35.5. The number of rotatable bonds is 5. The summed E-state index contributed by atoms with van der Waals surface area (Å²) in [4.78, 5) is 15.3. The first-order valence-corrected chi connectivity index (χ1v) is 9.38. The number of piperazine rings is 1. The summed E-state index contributed by atoms with van der Waals surface area (Å²) in [5, 5.41) is 3.00. The lowest BCUT2D eigenvalue weighted by Gasteiger charge is -2.32. The van der Waals surface area contributed by atoms with Crippen molar-refractivity contribution in [2.45, 2.75) is 19.5 Å². The minimum absolute atomic E-state index is 0.160. The summed E-state index contributed by atoms with van der Waals surface area (Å²) in [7, 11) is 0. The molecule has 0 unspecified atom stereocenters. The molecule has 138 valence electrons. The van der Waals surface area contributed by atoms with Crippen molar-refractivity contribution in [1.29, 1.82) is 0 Å². The van der Waals surface area contributed by atoms with E-state index in [0.717, 1.165) is 32.7 Å². The normalized spacial score (nSPS) is 21.2. The predicted octanol–water partition coefficient (Wildman–Crippen LogP) is 0.790. The van der Waals surface area contributed by atoms with Gasteiger partial charge in [-0.1, -0.05) is 41.9 Å². The van der Waals surface area contributed by atoms with Crippen molar-refractivity contribution in [3.05, 3.63) is 64.9 Å². The number of carbonyl (C=O) groups excluding carboxylic acids is 1. The topological polar surface area (TPSA) is 38.0 Å². The number of benzene rings is 2.